The van der Waals surface area contributed by atoms with Gasteiger partial charge in [0.25, 0.3) is 0 Å². The second-order valence-corrected chi connectivity index (χ2v) is 4.35. The van der Waals surface area contributed by atoms with E-state index in [0.717, 1.165) is 0 Å². The molecule has 0 fully saturated rings. The van der Waals surface area contributed by atoms with Gasteiger partial charge in [-0.15, -0.1) is 0 Å². The summed E-state index contributed by atoms with van der Waals surface area (Å²) in [5.41, 5.74) is 0. The molecule has 0 bridgehead atoms. The third-order valence-electron chi connectivity index (χ3n) is 2.53. The van der Waals surface area contributed by atoms with Gasteiger partial charge >= 0.3 is 5.97 Å². The highest BCUT2D eigenvalue weighted by atomic mass is 16.5. The quantitative estimate of drug-likeness (QED) is 0.689. The number of nitrogens with zero attached hydrogens (tertiary/aromatic N) is 1. The van der Waals surface area contributed by atoms with Crippen molar-refractivity contribution in [2.75, 3.05) is 20.2 Å². The second kappa shape index (κ2) is 7.68. The van der Waals surface area contributed by atoms with E-state index >= 15 is 0 Å². The largest absolute Gasteiger partial charge is 0.468 e. The monoisotopic (exact) mass is 258 g/mol. The Morgan fingerprint density at radius 1 is 1.28 bits per heavy atom. The third-order valence-corrected chi connectivity index (χ3v) is 2.53. The van der Waals surface area contributed by atoms with Gasteiger partial charge in [0.1, 0.15) is 12.6 Å². The summed E-state index contributed by atoms with van der Waals surface area (Å²) in [7, 11) is 1.27. The summed E-state index contributed by atoms with van der Waals surface area (Å²) in [6.45, 7) is 7.09. The third kappa shape index (κ3) is 5.16. The van der Waals surface area contributed by atoms with E-state index in [4.69, 9.17) is 0 Å². The summed E-state index contributed by atoms with van der Waals surface area (Å²) in [5.74, 6) is -1.06. The van der Waals surface area contributed by atoms with E-state index in [-0.39, 0.29) is 24.3 Å². The topological polar surface area (TPSA) is 75.7 Å². The van der Waals surface area contributed by atoms with Crippen molar-refractivity contribution in [3.8, 4) is 0 Å². The molecular formula is C12H22N2O4. The number of rotatable bonds is 6. The summed E-state index contributed by atoms with van der Waals surface area (Å²) < 4.78 is 4.53. The van der Waals surface area contributed by atoms with Crippen LogP contribution in [0.15, 0.2) is 0 Å². The molecule has 0 aromatic carbocycles. The Hall–Kier alpha value is -1.59. The first kappa shape index (κ1) is 16.4. The molecule has 0 radical (unpaired) electrons. The van der Waals surface area contributed by atoms with E-state index in [0.29, 0.717) is 6.54 Å². The number of hydrogen-bond acceptors (Lipinski definition) is 4. The number of carbonyl (C=O) groups is 3. The van der Waals surface area contributed by atoms with Gasteiger partial charge in [0.15, 0.2) is 0 Å². The van der Waals surface area contributed by atoms with Gasteiger partial charge in [-0.1, -0.05) is 13.8 Å². The number of hydrogen-bond donors (Lipinski definition) is 1. The fourth-order valence-corrected chi connectivity index (χ4v) is 1.50. The lowest BCUT2D eigenvalue weighted by Crippen LogP contribution is -2.51. The van der Waals surface area contributed by atoms with Crippen LogP contribution < -0.4 is 5.32 Å². The summed E-state index contributed by atoms with van der Waals surface area (Å²) in [6, 6.07) is -0.618. The molecule has 0 aromatic heterocycles. The zero-order valence-corrected chi connectivity index (χ0v) is 11.6. The summed E-state index contributed by atoms with van der Waals surface area (Å²) in [4.78, 5) is 35.8. The Bertz CT molecular complexity index is 315. The predicted molar refractivity (Wildman–Crippen MR) is 66.7 cm³/mol. The van der Waals surface area contributed by atoms with Gasteiger partial charge in [-0.3, -0.25) is 14.4 Å². The molecule has 0 heterocycles. The number of nitrogens with one attached hydrogen (secondary N) is 1. The normalized spacial score (nSPS) is 11.9. The van der Waals surface area contributed by atoms with Crippen molar-refractivity contribution < 1.29 is 19.1 Å². The molecule has 0 rings (SSSR count). The highest BCUT2D eigenvalue weighted by molar-refractivity contribution is 5.89. The summed E-state index contributed by atoms with van der Waals surface area (Å²) in [6.07, 6.45) is 0. The van der Waals surface area contributed by atoms with Crippen molar-refractivity contribution in [3.63, 3.8) is 0 Å². The average molecular weight is 258 g/mol. The maximum atomic E-state index is 12.2. The van der Waals surface area contributed by atoms with Crippen molar-refractivity contribution in [1.82, 2.24) is 10.2 Å². The zero-order valence-electron chi connectivity index (χ0n) is 11.6. The molecule has 2 amide bonds. The Morgan fingerprint density at radius 3 is 2.17 bits per heavy atom. The molecule has 0 aromatic rings. The van der Waals surface area contributed by atoms with Crippen molar-refractivity contribution in [2.24, 2.45) is 5.92 Å². The molecule has 18 heavy (non-hydrogen) atoms. The molecule has 0 aliphatic rings. The van der Waals surface area contributed by atoms with E-state index in [1.54, 1.807) is 6.92 Å². The molecule has 6 heteroatoms. The van der Waals surface area contributed by atoms with Crippen LogP contribution in [0.25, 0.3) is 0 Å². The van der Waals surface area contributed by atoms with Gasteiger partial charge in [-0.2, -0.15) is 0 Å². The first-order valence-corrected chi connectivity index (χ1v) is 5.96. The smallest absolute Gasteiger partial charge is 0.325 e. The van der Waals surface area contributed by atoms with Crippen LogP contribution in [0, 0.1) is 5.92 Å². The minimum absolute atomic E-state index is 0.0481. The Labute approximate surface area is 108 Å². The molecule has 0 saturated heterocycles. The van der Waals surface area contributed by atoms with Crippen LogP contribution in [0.2, 0.25) is 0 Å². The lowest BCUT2D eigenvalue weighted by atomic mass is 10.0. The average Bonchev–Trinajstić information content (AvgIpc) is 2.31. The van der Waals surface area contributed by atoms with E-state index in [1.165, 1.54) is 18.9 Å². The number of esters is 1. The Morgan fingerprint density at radius 2 is 1.83 bits per heavy atom. The molecule has 6 nitrogen and oxygen atoms in total. The lowest BCUT2D eigenvalue weighted by Gasteiger charge is -2.27. The molecule has 0 spiro atoms. The highest BCUT2D eigenvalue weighted by Gasteiger charge is 2.28. The van der Waals surface area contributed by atoms with Gasteiger partial charge in [0.2, 0.25) is 11.8 Å². The molecular weight excluding hydrogens is 236 g/mol. The lowest BCUT2D eigenvalue weighted by molar-refractivity contribution is -0.148. The van der Waals surface area contributed by atoms with Crippen LogP contribution in [-0.2, 0) is 19.1 Å². The van der Waals surface area contributed by atoms with Crippen molar-refractivity contribution in [1.29, 1.82) is 0 Å². The summed E-state index contributed by atoms with van der Waals surface area (Å²) in [5, 5.41) is 2.60. The Balaban J connectivity index is 4.80. The van der Waals surface area contributed by atoms with Crippen molar-refractivity contribution >= 4 is 17.8 Å². The molecule has 1 unspecified atom stereocenters. The van der Waals surface area contributed by atoms with Crippen LogP contribution >= 0.6 is 0 Å². The first-order chi connectivity index (χ1) is 8.33. The van der Waals surface area contributed by atoms with Crippen LogP contribution in [0.5, 0.6) is 0 Å². The van der Waals surface area contributed by atoms with Gasteiger partial charge in [0.05, 0.1) is 7.11 Å². The van der Waals surface area contributed by atoms with Crippen LogP contribution in [0.1, 0.15) is 27.7 Å². The van der Waals surface area contributed by atoms with Crippen LogP contribution in [0.3, 0.4) is 0 Å². The zero-order chi connectivity index (χ0) is 14.3. The number of methoxy groups -OCH3 is 1. The second-order valence-electron chi connectivity index (χ2n) is 4.35. The van der Waals surface area contributed by atoms with Gasteiger partial charge in [-0.25, -0.2) is 0 Å². The maximum absolute atomic E-state index is 12.2. The Kier molecular flexibility index (Phi) is 7.00. The minimum atomic E-state index is -0.618. The van der Waals surface area contributed by atoms with E-state index in [2.05, 4.69) is 10.1 Å². The molecule has 0 saturated carbocycles. The van der Waals surface area contributed by atoms with Crippen molar-refractivity contribution in [3.05, 3.63) is 0 Å². The SMILES string of the molecule is CCN(CC(=O)OC)C(=O)C(NC(C)=O)C(C)C. The summed E-state index contributed by atoms with van der Waals surface area (Å²) >= 11 is 0. The number of ether oxygens (including phenoxy) is 1. The number of amides is 2. The van der Waals surface area contributed by atoms with E-state index in [9.17, 15) is 14.4 Å². The van der Waals surface area contributed by atoms with Gasteiger partial charge < -0.3 is 15.0 Å². The minimum Gasteiger partial charge on any atom is -0.468 e. The van der Waals surface area contributed by atoms with Crippen LogP contribution in [-0.4, -0.2) is 48.9 Å². The standard InChI is InChI=1S/C12H22N2O4/c1-6-14(7-10(16)18-5)12(17)11(8(2)3)13-9(4)15/h8,11H,6-7H2,1-5H3,(H,13,15). The molecule has 1 atom stereocenters. The maximum Gasteiger partial charge on any atom is 0.325 e. The molecule has 0 aliphatic carbocycles. The fourth-order valence-electron chi connectivity index (χ4n) is 1.50. The van der Waals surface area contributed by atoms with E-state index < -0.39 is 12.0 Å². The van der Waals surface area contributed by atoms with Crippen LogP contribution in [0.4, 0.5) is 0 Å². The first-order valence-electron chi connectivity index (χ1n) is 5.96. The van der Waals surface area contributed by atoms with Gasteiger partial charge in [0, 0.05) is 13.5 Å². The van der Waals surface area contributed by atoms with Gasteiger partial charge in [-0.05, 0) is 12.8 Å². The highest BCUT2D eigenvalue weighted by Crippen LogP contribution is 2.06. The molecule has 104 valence electrons. The number of carbonyl (C=O) groups excluding carboxylic acids is 3. The van der Waals surface area contributed by atoms with Crippen molar-refractivity contribution in [2.45, 2.75) is 33.7 Å². The molecule has 1 N–H and O–H groups in total. The predicted octanol–water partition coefficient (Wildman–Crippen LogP) is 0.169. The molecule has 0 aliphatic heterocycles. The number of likely N-dealkylation sites (N-methyl/N-ethyl adjacent to an activating group) is 1. The fraction of sp³-hybridized carbons (Fsp3) is 0.750. The van der Waals surface area contributed by atoms with E-state index in [1.807, 2.05) is 13.8 Å².